The Bertz CT molecular complexity index is 1030. The Morgan fingerprint density at radius 3 is 2.64 bits per heavy atom. The topological polar surface area (TPSA) is 71.0 Å². The minimum atomic E-state index is -0.250. The summed E-state index contributed by atoms with van der Waals surface area (Å²) in [5, 5.41) is 8.16. The smallest absolute Gasteiger partial charge is 0.314 e. The third-order valence-corrected chi connectivity index (χ3v) is 12.6. The highest BCUT2D eigenvalue weighted by Crippen LogP contribution is 2.66. The normalized spacial score (nSPS) is 42.2. The van der Waals surface area contributed by atoms with Gasteiger partial charge in [-0.15, -0.1) is 0 Å². The van der Waals surface area contributed by atoms with Crippen LogP contribution in [0.1, 0.15) is 111 Å². The van der Waals surface area contributed by atoms with Gasteiger partial charge in [-0.3, -0.25) is 9.63 Å². The minimum Gasteiger partial charge on any atom is -0.314 e. The number of rotatable bonds is 6. The van der Waals surface area contributed by atoms with E-state index in [0.29, 0.717) is 35.6 Å². The molecule has 0 spiro atoms. The van der Waals surface area contributed by atoms with E-state index < -0.39 is 0 Å². The summed E-state index contributed by atoms with van der Waals surface area (Å²) in [5.74, 6) is 3.58. The Morgan fingerprint density at radius 1 is 1.10 bits per heavy atom. The van der Waals surface area contributed by atoms with Crippen LogP contribution in [-0.4, -0.2) is 47.7 Å². The molecule has 5 aliphatic carbocycles. The van der Waals surface area contributed by atoms with Crippen LogP contribution in [0.5, 0.6) is 0 Å². The summed E-state index contributed by atoms with van der Waals surface area (Å²) in [6, 6.07) is 0.825. The standard InChI is InChI=1S/C33H51N3O3/c1-21-18-24(34-20-21)14-17-36(25-6-5-7-25)31(38)39-35-22(2)28-10-11-29-27-9-8-23-19-26(37)12-15-32(23,3)30(27)13-16-33(28,29)4/h19,21,24-25,27-30,34H,5-18,20H2,1-4H3/b35-22+/t21?,24?,27-,28+,29-,30-,32-,33+/m0/s1. The molecule has 0 aromatic rings. The number of allylic oxidation sites excluding steroid dienone is 1. The van der Waals surface area contributed by atoms with Gasteiger partial charge >= 0.3 is 6.09 Å². The van der Waals surface area contributed by atoms with E-state index in [1.54, 1.807) is 0 Å². The molecule has 8 atom stereocenters. The van der Waals surface area contributed by atoms with Gasteiger partial charge in [0.05, 0.1) is 5.71 Å². The third kappa shape index (κ3) is 4.91. The molecule has 0 aromatic heterocycles. The molecular formula is C33H51N3O3. The molecule has 6 nitrogen and oxygen atoms in total. The maximum absolute atomic E-state index is 13.3. The second-order valence-electron chi connectivity index (χ2n) is 14.7. The van der Waals surface area contributed by atoms with Gasteiger partial charge in [-0.1, -0.05) is 31.5 Å². The van der Waals surface area contributed by atoms with E-state index in [1.165, 1.54) is 44.1 Å². The first-order chi connectivity index (χ1) is 18.7. The van der Waals surface area contributed by atoms with Crippen molar-refractivity contribution in [2.24, 2.45) is 45.6 Å². The Hall–Kier alpha value is -1.69. The van der Waals surface area contributed by atoms with Gasteiger partial charge in [0, 0.05) is 31.0 Å². The lowest BCUT2D eigenvalue weighted by Crippen LogP contribution is -2.51. The van der Waals surface area contributed by atoms with Crippen LogP contribution in [0.25, 0.3) is 0 Å². The predicted octanol–water partition coefficient (Wildman–Crippen LogP) is 6.89. The summed E-state index contributed by atoms with van der Waals surface area (Å²) in [7, 11) is 0. The first-order valence-electron chi connectivity index (χ1n) is 16.2. The molecule has 0 radical (unpaired) electrons. The van der Waals surface area contributed by atoms with Crippen molar-refractivity contribution in [3.63, 3.8) is 0 Å². The molecule has 39 heavy (non-hydrogen) atoms. The Labute approximate surface area is 235 Å². The fraction of sp³-hybridized carbons (Fsp3) is 0.848. The summed E-state index contributed by atoms with van der Waals surface area (Å²) >= 11 is 0. The molecule has 1 N–H and O–H groups in total. The number of oxime groups is 1. The summed E-state index contributed by atoms with van der Waals surface area (Å²) < 4.78 is 0. The first kappa shape index (κ1) is 27.5. The van der Waals surface area contributed by atoms with Gasteiger partial charge in [-0.05, 0) is 131 Å². The Kier molecular flexibility index (Phi) is 7.48. The van der Waals surface area contributed by atoms with Crippen molar-refractivity contribution in [1.29, 1.82) is 0 Å². The fourth-order valence-electron chi connectivity index (χ4n) is 10.1. The van der Waals surface area contributed by atoms with Crippen LogP contribution in [0.15, 0.2) is 16.8 Å². The summed E-state index contributed by atoms with van der Waals surface area (Å²) in [6.45, 7) is 11.2. The monoisotopic (exact) mass is 537 g/mol. The summed E-state index contributed by atoms with van der Waals surface area (Å²) in [4.78, 5) is 33.1. The molecule has 0 bridgehead atoms. The van der Waals surface area contributed by atoms with Crippen molar-refractivity contribution in [2.75, 3.05) is 13.1 Å². The fourth-order valence-corrected chi connectivity index (χ4v) is 10.1. The third-order valence-electron chi connectivity index (χ3n) is 12.6. The van der Waals surface area contributed by atoms with Crippen molar-refractivity contribution >= 4 is 17.6 Å². The number of hydrogen-bond acceptors (Lipinski definition) is 5. The van der Waals surface area contributed by atoms with Gasteiger partial charge in [0.15, 0.2) is 5.78 Å². The van der Waals surface area contributed by atoms with Crippen LogP contribution in [0.3, 0.4) is 0 Å². The average molecular weight is 538 g/mol. The number of ketones is 1. The molecule has 1 amide bonds. The van der Waals surface area contributed by atoms with Crippen molar-refractivity contribution in [3.05, 3.63) is 11.6 Å². The first-order valence-corrected chi connectivity index (χ1v) is 16.2. The van der Waals surface area contributed by atoms with Crippen LogP contribution in [0.2, 0.25) is 0 Å². The zero-order valence-electron chi connectivity index (χ0n) is 24.8. The van der Waals surface area contributed by atoms with E-state index in [4.69, 9.17) is 4.84 Å². The molecule has 6 heteroatoms. The Balaban J connectivity index is 1.11. The van der Waals surface area contributed by atoms with Crippen molar-refractivity contribution in [3.8, 4) is 0 Å². The SMILES string of the molecule is C/C(=N\OC(=O)N(CCC1CC(C)CN1)C1CCC1)[C@H]1CC[C@H]2[C@@H]3CCC4=CC(=O)CC[C@]4(C)[C@H]3CC[C@]12C. The zero-order valence-corrected chi connectivity index (χ0v) is 24.8. The van der Waals surface area contributed by atoms with E-state index in [-0.39, 0.29) is 16.9 Å². The lowest BCUT2D eigenvalue weighted by atomic mass is 9.46. The molecule has 0 aromatic carbocycles. The highest BCUT2D eigenvalue weighted by Gasteiger charge is 2.59. The molecule has 5 fully saturated rings. The van der Waals surface area contributed by atoms with Gasteiger partial charge in [-0.25, -0.2) is 4.79 Å². The molecule has 4 saturated carbocycles. The van der Waals surface area contributed by atoms with E-state index in [1.807, 2.05) is 11.0 Å². The molecule has 1 saturated heterocycles. The van der Waals surface area contributed by atoms with Crippen LogP contribution in [0.4, 0.5) is 4.79 Å². The van der Waals surface area contributed by atoms with Gasteiger partial charge in [-0.2, -0.15) is 0 Å². The van der Waals surface area contributed by atoms with Crippen LogP contribution in [0, 0.1) is 40.4 Å². The number of nitrogens with zero attached hydrogens (tertiary/aromatic N) is 2. The van der Waals surface area contributed by atoms with Gasteiger partial charge < -0.3 is 10.2 Å². The van der Waals surface area contributed by atoms with E-state index >= 15 is 0 Å². The van der Waals surface area contributed by atoms with Crippen molar-refractivity contribution in [1.82, 2.24) is 10.2 Å². The van der Waals surface area contributed by atoms with Gasteiger partial charge in [0.2, 0.25) is 0 Å². The number of amides is 1. The lowest BCUT2D eigenvalue weighted by Gasteiger charge is -2.58. The van der Waals surface area contributed by atoms with E-state index in [0.717, 1.165) is 75.6 Å². The zero-order chi connectivity index (χ0) is 27.4. The van der Waals surface area contributed by atoms with Crippen molar-refractivity contribution in [2.45, 2.75) is 123 Å². The maximum atomic E-state index is 13.3. The highest BCUT2D eigenvalue weighted by atomic mass is 16.7. The van der Waals surface area contributed by atoms with Crippen LogP contribution in [-0.2, 0) is 9.63 Å². The predicted molar refractivity (Wildman–Crippen MR) is 154 cm³/mol. The number of fused-ring (bicyclic) bond motifs is 5. The Morgan fingerprint density at radius 2 is 1.92 bits per heavy atom. The molecule has 216 valence electrons. The number of hydrogen-bond donors (Lipinski definition) is 1. The number of carbonyl (C=O) groups excluding carboxylic acids is 2. The van der Waals surface area contributed by atoms with Gasteiger partial charge in [0.25, 0.3) is 0 Å². The quantitative estimate of drug-likeness (QED) is 0.228. The van der Waals surface area contributed by atoms with E-state index in [2.05, 4.69) is 38.2 Å². The molecule has 6 rings (SSSR count). The molecular weight excluding hydrogens is 486 g/mol. The maximum Gasteiger partial charge on any atom is 0.436 e. The summed E-state index contributed by atoms with van der Waals surface area (Å²) in [5.41, 5.74) is 2.89. The lowest BCUT2D eigenvalue weighted by molar-refractivity contribution is -0.117. The second-order valence-corrected chi connectivity index (χ2v) is 14.7. The molecule has 6 aliphatic rings. The number of carbonyl (C=O) groups is 2. The number of nitrogens with one attached hydrogen (secondary N) is 1. The minimum absolute atomic E-state index is 0.214. The molecule has 1 heterocycles. The average Bonchev–Trinajstić information content (AvgIpc) is 3.46. The molecule has 2 unspecified atom stereocenters. The van der Waals surface area contributed by atoms with Crippen molar-refractivity contribution < 1.29 is 14.4 Å². The van der Waals surface area contributed by atoms with Crippen LogP contribution >= 0.6 is 0 Å². The van der Waals surface area contributed by atoms with Crippen LogP contribution < -0.4 is 5.32 Å². The van der Waals surface area contributed by atoms with E-state index in [9.17, 15) is 9.59 Å². The molecule has 1 aliphatic heterocycles. The largest absolute Gasteiger partial charge is 0.436 e. The van der Waals surface area contributed by atoms with Gasteiger partial charge in [0.1, 0.15) is 0 Å². The summed E-state index contributed by atoms with van der Waals surface area (Å²) in [6.07, 6.45) is 16.2. The highest BCUT2D eigenvalue weighted by molar-refractivity contribution is 5.91. The second kappa shape index (κ2) is 10.6.